The Morgan fingerprint density at radius 3 is 2.53 bits per heavy atom. The van der Waals surface area contributed by atoms with E-state index in [1.54, 1.807) is 0 Å². The molecule has 1 rings (SSSR count). The van der Waals surface area contributed by atoms with Gasteiger partial charge >= 0.3 is 5.69 Å². The quantitative estimate of drug-likeness (QED) is 0.510. The Labute approximate surface area is 116 Å². The Morgan fingerprint density at radius 2 is 2.00 bits per heavy atom. The lowest BCUT2D eigenvalue weighted by Gasteiger charge is -2.01. The van der Waals surface area contributed by atoms with E-state index in [-0.39, 0.29) is 16.4 Å². The Morgan fingerprint density at radius 1 is 1.32 bits per heavy atom. The Kier molecular flexibility index (Phi) is 5.22. The van der Waals surface area contributed by atoms with Crippen molar-refractivity contribution in [2.75, 3.05) is 5.43 Å². The van der Waals surface area contributed by atoms with Gasteiger partial charge in [0.15, 0.2) is 0 Å². The van der Waals surface area contributed by atoms with Crippen LogP contribution in [0.3, 0.4) is 0 Å². The van der Waals surface area contributed by atoms with E-state index in [0.717, 1.165) is 23.9 Å². The number of hydrazone groups is 1. The van der Waals surface area contributed by atoms with Gasteiger partial charge in [-0.2, -0.15) is 5.10 Å². The van der Waals surface area contributed by atoms with Crippen LogP contribution in [0.4, 0.5) is 17.1 Å². The van der Waals surface area contributed by atoms with Gasteiger partial charge in [0.05, 0.1) is 27.2 Å². The first kappa shape index (κ1) is 14.9. The molecule has 0 aliphatic carbocycles. The molecular weight excluding hydrogens is 299 g/mol. The largest absolute Gasteiger partial charge is 0.301 e. The molecule has 1 aromatic rings. The lowest BCUT2D eigenvalue weighted by molar-refractivity contribution is -0.393. The molecule has 0 fully saturated rings. The fourth-order valence-electron chi connectivity index (χ4n) is 1.07. The van der Waals surface area contributed by atoms with Gasteiger partial charge in [0.25, 0.3) is 5.69 Å². The summed E-state index contributed by atoms with van der Waals surface area (Å²) in [6.45, 7) is 0. The van der Waals surface area contributed by atoms with Gasteiger partial charge in [-0.3, -0.25) is 25.7 Å². The molecule has 0 unspecified atom stereocenters. The first-order valence-corrected chi connectivity index (χ1v) is 5.45. The van der Waals surface area contributed by atoms with Gasteiger partial charge in [-0.15, -0.1) is 0 Å². The molecule has 0 aliphatic rings. The molecule has 0 heterocycles. The number of nitrogens with one attached hydrogen (secondary N) is 1. The third-order valence-corrected chi connectivity index (χ3v) is 2.42. The second-order valence-corrected chi connectivity index (χ2v) is 3.73. The van der Waals surface area contributed by atoms with Crippen molar-refractivity contribution in [2.24, 2.45) is 5.10 Å². The smallest absolute Gasteiger partial charge is 0.272 e. The van der Waals surface area contributed by atoms with Gasteiger partial charge in [0, 0.05) is 11.6 Å². The van der Waals surface area contributed by atoms with Crippen LogP contribution < -0.4 is 5.43 Å². The van der Waals surface area contributed by atoms with Gasteiger partial charge in [-0.05, 0) is 6.07 Å². The molecule has 100 valence electrons. The minimum Gasteiger partial charge on any atom is -0.272 e. The maximum atomic E-state index is 10.8. The Bertz CT molecular complexity index is 573. The van der Waals surface area contributed by atoms with Crippen LogP contribution in [-0.2, 0) is 0 Å². The summed E-state index contributed by atoms with van der Waals surface area (Å²) in [4.78, 5) is 19.8. The molecule has 10 heteroatoms. The number of rotatable bonds is 5. The number of non-ortho nitro benzene ring substituents is 1. The fourth-order valence-corrected chi connectivity index (χ4v) is 1.18. The summed E-state index contributed by atoms with van der Waals surface area (Å²) >= 11 is 10.8. The lowest BCUT2D eigenvalue weighted by Crippen LogP contribution is -1.98. The monoisotopic (exact) mass is 304 g/mol. The van der Waals surface area contributed by atoms with Crippen molar-refractivity contribution in [1.29, 1.82) is 0 Å². The molecule has 0 radical (unpaired) electrons. The van der Waals surface area contributed by atoms with Crippen LogP contribution in [-0.4, -0.2) is 16.1 Å². The van der Waals surface area contributed by atoms with Crippen LogP contribution in [0.2, 0.25) is 0 Å². The predicted molar refractivity (Wildman–Crippen MR) is 71.7 cm³/mol. The molecule has 8 nitrogen and oxygen atoms in total. The SMILES string of the molecule is O=[N+]([O-])c1ccc(NN=CC(Cl)=CCl)c([N+](=O)[O-])c1. The summed E-state index contributed by atoms with van der Waals surface area (Å²) in [5.41, 5.74) is 2.53. The molecule has 1 N–H and O–H groups in total. The highest BCUT2D eigenvalue weighted by atomic mass is 35.5. The van der Waals surface area contributed by atoms with Crippen LogP contribution in [0.25, 0.3) is 0 Å². The number of hydrogen-bond donors (Lipinski definition) is 1. The third kappa shape index (κ3) is 4.19. The summed E-state index contributed by atoms with van der Waals surface area (Å²) < 4.78 is 0. The first-order valence-electron chi connectivity index (χ1n) is 4.63. The fraction of sp³-hybridized carbons (Fsp3) is 0. The minimum absolute atomic E-state index is 0.00844. The van der Waals surface area contributed by atoms with Crippen molar-refractivity contribution >= 4 is 46.5 Å². The minimum atomic E-state index is -0.760. The molecule has 0 amide bonds. The standard InChI is InChI=1S/C9H6Cl2N4O4/c10-4-6(11)5-12-13-8-2-1-7(14(16)17)3-9(8)15(18)19/h1-5,13H. The number of nitrogens with zero attached hydrogens (tertiary/aromatic N) is 3. The lowest BCUT2D eigenvalue weighted by atomic mass is 10.2. The van der Waals surface area contributed by atoms with E-state index in [9.17, 15) is 20.2 Å². The zero-order valence-corrected chi connectivity index (χ0v) is 10.6. The van der Waals surface area contributed by atoms with Gasteiger partial charge in [0.2, 0.25) is 0 Å². The van der Waals surface area contributed by atoms with E-state index < -0.39 is 15.5 Å². The molecule has 0 atom stereocenters. The van der Waals surface area contributed by atoms with Crippen LogP contribution in [0, 0.1) is 20.2 Å². The second kappa shape index (κ2) is 6.66. The molecule has 1 aromatic carbocycles. The van der Waals surface area contributed by atoms with Gasteiger partial charge in [-0.25, -0.2) is 0 Å². The third-order valence-electron chi connectivity index (χ3n) is 1.87. The van der Waals surface area contributed by atoms with Crippen molar-refractivity contribution in [3.05, 3.63) is 49.0 Å². The van der Waals surface area contributed by atoms with E-state index in [2.05, 4.69) is 10.5 Å². The maximum absolute atomic E-state index is 10.8. The zero-order chi connectivity index (χ0) is 14.4. The van der Waals surface area contributed by atoms with Gasteiger partial charge < -0.3 is 0 Å². The molecule has 0 saturated heterocycles. The van der Waals surface area contributed by atoms with E-state index in [1.807, 2.05) is 0 Å². The Hall–Kier alpha value is -2.19. The normalized spacial score (nSPS) is 11.6. The zero-order valence-electron chi connectivity index (χ0n) is 9.12. The highest BCUT2D eigenvalue weighted by molar-refractivity contribution is 6.44. The summed E-state index contributed by atoms with van der Waals surface area (Å²) in [5, 5.41) is 25.0. The van der Waals surface area contributed by atoms with Crippen molar-refractivity contribution in [1.82, 2.24) is 0 Å². The van der Waals surface area contributed by atoms with Crippen molar-refractivity contribution < 1.29 is 9.85 Å². The van der Waals surface area contributed by atoms with E-state index in [0.29, 0.717) is 0 Å². The van der Waals surface area contributed by atoms with Crippen molar-refractivity contribution in [2.45, 2.75) is 0 Å². The molecule has 19 heavy (non-hydrogen) atoms. The number of hydrogen-bond acceptors (Lipinski definition) is 6. The van der Waals surface area contributed by atoms with Gasteiger partial charge in [-0.1, -0.05) is 23.2 Å². The number of nitro groups is 2. The van der Waals surface area contributed by atoms with Crippen LogP contribution in [0.15, 0.2) is 33.9 Å². The Balaban J connectivity index is 3.04. The number of halogens is 2. The molecule has 0 aliphatic heterocycles. The van der Waals surface area contributed by atoms with Crippen LogP contribution in [0.5, 0.6) is 0 Å². The molecule has 0 bridgehead atoms. The average Bonchev–Trinajstić information content (AvgIpc) is 2.38. The number of benzene rings is 1. The predicted octanol–water partition coefficient (Wildman–Crippen LogP) is 3.22. The highest BCUT2D eigenvalue weighted by Crippen LogP contribution is 2.28. The summed E-state index contributed by atoms with van der Waals surface area (Å²) in [6.07, 6.45) is 1.12. The first-order chi connectivity index (χ1) is 8.95. The number of nitro benzene ring substituents is 2. The molecule has 0 spiro atoms. The maximum Gasteiger partial charge on any atom is 0.301 e. The molecule has 0 aromatic heterocycles. The highest BCUT2D eigenvalue weighted by Gasteiger charge is 2.18. The second-order valence-electron chi connectivity index (χ2n) is 3.08. The summed E-state index contributed by atoms with van der Waals surface area (Å²) in [5.74, 6) is 0. The van der Waals surface area contributed by atoms with E-state index in [4.69, 9.17) is 23.2 Å². The number of anilines is 1. The van der Waals surface area contributed by atoms with Crippen molar-refractivity contribution in [3.8, 4) is 0 Å². The van der Waals surface area contributed by atoms with E-state index in [1.165, 1.54) is 6.07 Å². The number of allylic oxidation sites excluding steroid dienone is 1. The topological polar surface area (TPSA) is 111 Å². The summed E-state index contributed by atoms with van der Waals surface area (Å²) in [7, 11) is 0. The van der Waals surface area contributed by atoms with Crippen molar-refractivity contribution in [3.63, 3.8) is 0 Å². The van der Waals surface area contributed by atoms with Crippen LogP contribution >= 0.6 is 23.2 Å². The summed E-state index contributed by atoms with van der Waals surface area (Å²) in [6, 6.07) is 3.12. The average molecular weight is 305 g/mol. The molecular formula is C9H6Cl2N4O4. The van der Waals surface area contributed by atoms with E-state index >= 15 is 0 Å². The van der Waals surface area contributed by atoms with Crippen LogP contribution in [0.1, 0.15) is 0 Å². The molecule has 0 saturated carbocycles. The van der Waals surface area contributed by atoms with Gasteiger partial charge in [0.1, 0.15) is 5.69 Å².